The van der Waals surface area contributed by atoms with Gasteiger partial charge in [-0.15, -0.1) is 11.3 Å². The third-order valence-corrected chi connectivity index (χ3v) is 10.7. The minimum absolute atomic E-state index is 0.872. The highest BCUT2D eigenvalue weighted by atomic mass is 32.1. The first-order chi connectivity index (χ1) is 19.2. The van der Waals surface area contributed by atoms with Crippen molar-refractivity contribution >= 4 is 11.3 Å². The monoisotopic (exact) mass is 540 g/mol. The zero-order valence-corrected chi connectivity index (χ0v) is 25.7. The van der Waals surface area contributed by atoms with E-state index in [-0.39, 0.29) is 0 Å². The van der Waals surface area contributed by atoms with Gasteiger partial charge < -0.3 is 0 Å². The van der Waals surface area contributed by atoms with Crippen LogP contribution in [0.5, 0.6) is 0 Å². The van der Waals surface area contributed by atoms with E-state index >= 15 is 0 Å². The summed E-state index contributed by atoms with van der Waals surface area (Å²) < 4.78 is 0. The Bertz CT molecular complexity index is 1080. The van der Waals surface area contributed by atoms with Crippen molar-refractivity contribution < 1.29 is 0 Å². The van der Waals surface area contributed by atoms with Crippen LogP contribution in [0.25, 0.3) is 20.9 Å². The molecule has 210 valence electrons. The van der Waals surface area contributed by atoms with Crippen molar-refractivity contribution in [2.45, 2.75) is 129 Å². The molecule has 0 nitrogen and oxygen atoms in total. The Balaban J connectivity index is 1.13. The van der Waals surface area contributed by atoms with Crippen LogP contribution in [-0.4, -0.2) is 0 Å². The normalized spacial score (nSPS) is 18.0. The molecule has 0 amide bonds. The molecule has 0 N–H and O–H groups in total. The van der Waals surface area contributed by atoms with Gasteiger partial charge in [-0.25, -0.2) is 0 Å². The summed E-state index contributed by atoms with van der Waals surface area (Å²) in [6.07, 6.45) is 25.0. The van der Waals surface area contributed by atoms with Crippen molar-refractivity contribution in [3.05, 3.63) is 70.8 Å². The molecule has 0 fully saturated rings. The van der Waals surface area contributed by atoms with E-state index in [1.165, 1.54) is 136 Å². The third kappa shape index (κ3) is 7.87. The number of hydrogen-bond acceptors (Lipinski definition) is 1. The van der Waals surface area contributed by atoms with E-state index in [1.807, 2.05) is 11.3 Å². The fourth-order valence-electron chi connectivity index (χ4n) is 7.21. The van der Waals surface area contributed by atoms with Crippen LogP contribution < -0.4 is 0 Å². The van der Waals surface area contributed by atoms with Gasteiger partial charge in [-0.05, 0) is 95.9 Å². The third-order valence-electron chi connectivity index (χ3n) is 9.55. The maximum Gasteiger partial charge on any atom is 0.0349 e. The molecule has 0 radical (unpaired) electrons. The van der Waals surface area contributed by atoms with Gasteiger partial charge in [0.1, 0.15) is 0 Å². The van der Waals surface area contributed by atoms with Crippen molar-refractivity contribution in [3.63, 3.8) is 0 Å². The van der Waals surface area contributed by atoms with Crippen LogP contribution >= 0.6 is 11.3 Å². The van der Waals surface area contributed by atoms with Crippen LogP contribution in [0, 0.1) is 11.8 Å². The van der Waals surface area contributed by atoms with Crippen LogP contribution in [0.15, 0.2) is 48.5 Å². The molecule has 39 heavy (non-hydrogen) atoms. The van der Waals surface area contributed by atoms with Gasteiger partial charge in [-0.1, -0.05) is 127 Å². The number of thiophene rings is 1. The molecule has 2 aromatic carbocycles. The fourth-order valence-corrected chi connectivity index (χ4v) is 8.21. The summed E-state index contributed by atoms with van der Waals surface area (Å²) in [6, 6.07) is 19.4. The standard InChI is InChI=1S/C38H52S/c1-3-5-7-9-11-13-15-29-23-31-17-19-33(27-35(31)25-29)37-21-22-38(39-37)34-20-18-32-24-30(26-36(32)28-34)16-14-12-10-8-6-4-2/h17-22,27-30H,3-16,23-26H2,1-2H3. The lowest BCUT2D eigenvalue weighted by Gasteiger charge is -2.08. The summed E-state index contributed by atoms with van der Waals surface area (Å²) in [6.45, 7) is 4.61. The highest BCUT2D eigenvalue weighted by Crippen LogP contribution is 2.40. The summed E-state index contributed by atoms with van der Waals surface area (Å²) >= 11 is 1.98. The van der Waals surface area contributed by atoms with Crippen molar-refractivity contribution in [2.24, 2.45) is 11.8 Å². The molecule has 2 atom stereocenters. The Morgan fingerprint density at radius 1 is 0.487 bits per heavy atom. The molecule has 1 heterocycles. The lowest BCUT2D eigenvalue weighted by molar-refractivity contribution is 0.469. The summed E-state index contributed by atoms with van der Waals surface area (Å²) in [5.41, 5.74) is 9.30. The van der Waals surface area contributed by atoms with Gasteiger partial charge in [0.2, 0.25) is 0 Å². The molecule has 0 saturated carbocycles. The molecule has 0 bridgehead atoms. The van der Waals surface area contributed by atoms with Crippen molar-refractivity contribution in [1.29, 1.82) is 0 Å². The van der Waals surface area contributed by atoms with Gasteiger partial charge in [0.15, 0.2) is 0 Å². The summed E-state index contributed by atoms with van der Waals surface area (Å²) in [4.78, 5) is 2.85. The molecule has 5 rings (SSSR count). The Morgan fingerprint density at radius 2 is 0.897 bits per heavy atom. The maximum absolute atomic E-state index is 2.52. The predicted octanol–water partition coefficient (Wildman–Crippen LogP) is 12.0. The number of hydrogen-bond donors (Lipinski definition) is 0. The lowest BCUT2D eigenvalue weighted by Crippen LogP contribution is -1.99. The first kappa shape index (κ1) is 28.7. The van der Waals surface area contributed by atoms with E-state index in [0.29, 0.717) is 0 Å². The quantitative estimate of drug-likeness (QED) is 0.158. The molecule has 3 aromatic rings. The Morgan fingerprint density at radius 3 is 1.36 bits per heavy atom. The van der Waals surface area contributed by atoms with E-state index in [2.05, 4.69) is 62.4 Å². The van der Waals surface area contributed by atoms with Gasteiger partial charge in [-0.2, -0.15) is 0 Å². The molecule has 1 aromatic heterocycles. The number of benzene rings is 2. The van der Waals surface area contributed by atoms with E-state index in [4.69, 9.17) is 0 Å². The fraction of sp³-hybridized carbons (Fsp3) is 0.579. The van der Waals surface area contributed by atoms with E-state index in [1.54, 1.807) is 22.3 Å². The number of unbranched alkanes of at least 4 members (excludes halogenated alkanes) is 10. The molecule has 0 spiro atoms. The first-order valence-corrected chi connectivity index (χ1v) is 17.4. The zero-order chi connectivity index (χ0) is 26.9. The Labute approximate surface area is 243 Å². The Kier molecular flexibility index (Phi) is 10.8. The zero-order valence-electron chi connectivity index (χ0n) is 24.9. The largest absolute Gasteiger partial charge is 0.135 e. The first-order valence-electron chi connectivity index (χ1n) is 16.6. The van der Waals surface area contributed by atoms with E-state index in [0.717, 1.165) is 11.8 Å². The predicted molar refractivity (Wildman–Crippen MR) is 173 cm³/mol. The van der Waals surface area contributed by atoms with Gasteiger partial charge in [0.05, 0.1) is 0 Å². The van der Waals surface area contributed by atoms with E-state index in [9.17, 15) is 0 Å². The van der Waals surface area contributed by atoms with Gasteiger partial charge in [0, 0.05) is 9.75 Å². The average molecular weight is 541 g/mol. The molecule has 0 aliphatic heterocycles. The minimum atomic E-state index is 0.872. The van der Waals surface area contributed by atoms with Crippen LogP contribution in [0.2, 0.25) is 0 Å². The number of fused-ring (bicyclic) bond motifs is 2. The van der Waals surface area contributed by atoms with Crippen LogP contribution in [0.1, 0.15) is 126 Å². The topological polar surface area (TPSA) is 0 Å². The molecular formula is C38H52S. The van der Waals surface area contributed by atoms with Crippen molar-refractivity contribution in [3.8, 4) is 20.9 Å². The lowest BCUT2D eigenvalue weighted by atomic mass is 9.97. The summed E-state index contributed by atoms with van der Waals surface area (Å²) in [5, 5.41) is 0. The highest BCUT2D eigenvalue weighted by molar-refractivity contribution is 7.18. The van der Waals surface area contributed by atoms with Crippen molar-refractivity contribution in [2.75, 3.05) is 0 Å². The van der Waals surface area contributed by atoms with Gasteiger partial charge in [-0.3, -0.25) is 0 Å². The maximum atomic E-state index is 2.52. The minimum Gasteiger partial charge on any atom is -0.135 e. The average Bonchev–Trinajstić information content (AvgIpc) is 3.69. The highest BCUT2D eigenvalue weighted by Gasteiger charge is 2.23. The molecule has 2 unspecified atom stereocenters. The van der Waals surface area contributed by atoms with Crippen LogP contribution in [0.4, 0.5) is 0 Å². The van der Waals surface area contributed by atoms with Gasteiger partial charge >= 0.3 is 0 Å². The molecular weight excluding hydrogens is 488 g/mol. The van der Waals surface area contributed by atoms with Crippen molar-refractivity contribution in [1.82, 2.24) is 0 Å². The second-order valence-corrected chi connectivity index (χ2v) is 13.9. The van der Waals surface area contributed by atoms with Crippen LogP contribution in [-0.2, 0) is 25.7 Å². The van der Waals surface area contributed by atoms with Crippen LogP contribution in [0.3, 0.4) is 0 Å². The molecule has 2 aliphatic carbocycles. The number of rotatable bonds is 16. The van der Waals surface area contributed by atoms with E-state index < -0.39 is 0 Å². The Hall–Kier alpha value is -1.86. The SMILES string of the molecule is CCCCCCCCC1Cc2ccc(-c3ccc(-c4ccc5c(c4)CC(CCCCCCCC)C5)s3)cc2C1. The second kappa shape index (κ2) is 14.7. The smallest absolute Gasteiger partial charge is 0.0349 e. The molecule has 1 heteroatoms. The summed E-state index contributed by atoms with van der Waals surface area (Å²) in [7, 11) is 0. The second-order valence-electron chi connectivity index (χ2n) is 12.8. The van der Waals surface area contributed by atoms with Gasteiger partial charge in [0.25, 0.3) is 0 Å². The molecule has 0 saturated heterocycles. The summed E-state index contributed by atoms with van der Waals surface area (Å²) in [5.74, 6) is 1.74. The molecule has 2 aliphatic rings.